The van der Waals surface area contributed by atoms with Crippen LogP contribution in [0.15, 0.2) is 24.3 Å². The van der Waals surface area contributed by atoms with E-state index < -0.39 is 0 Å². The van der Waals surface area contributed by atoms with E-state index in [4.69, 9.17) is 4.74 Å². The van der Waals surface area contributed by atoms with Crippen molar-refractivity contribution >= 4 is 5.91 Å². The number of amides is 1. The Morgan fingerprint density at radius 2 is 1.67 bits per heavy atom. The Morgan fingerprint density at radius 3 is 2.29 bits per heavy atom. The summed E-state index contributed by atoms with van der Waals surface area (Å²) in [6.07, 6.45) is 3.71. The Kier molecular flexibility index (Phi) is 6.24. The Morgan fingerprint density at radius 1 is 1.04 bits per heavy atom. The molecule has 0 saturated carbocycles. The smallest absolute Gasteiger partial charge is 0.250 e. The van der Waals surface area contributed by atoms with Crippen molar-refractivity contribution in [3.05, 3.63) is 35.4 Å². The molecule has 24 heavy (non-hydrogen) atoms. The number of likely N-dealkylation sites (N-methyl/N-ethyl adjacent to an activating group) is 1. The summed E-state index contributed by atoms with van der Waals surface area (Å²) in [5, 5.41) is 2.67. The Labute approximate surface area is 145 Å². The summed E-state index contributed by atoms with van der Waals surface area (Å²) in [6, 6.07) is 8.95. The first-order chi connectivity index (χ1) is 11.7. The molecule has 132 valence electrons. The number of hydrogen-bond donors (Lipinski definition) is 1. The van der Waals surface area contributed by atoms with Gasteiger partial charge in [0, 0.05) is 33.2 Å². The molecule has 2 fully saturated rings. The van der Waals surface area contributed by atoms with Crippen molar-refractivity contribution in [3.8, 4) is 0 Å². The van der Waals surface area contributed by atoms with Crippen molar-refractivity contribution in [2.24, 2.45) is 0 Å². The van der Waals surface area contributed by atoms with Crippen LogP contribution < -0.4 is 5.32 Å². The summed E-state index contributed by atoms with van der Waals surface area (Å²) in [4.78, 5) is 16.6. The van der Waals surface area contributed by atoms with Crippen LogP contribution in [0.4, 0.5) is 0 Å². The summed E-state index contributed by atoms with van der Waals surface area (Å²) in [7, 11) is 1.66. The zero-order valence-electron chi connectivity index (χ0n) is 14.7. The molecule has 0 aromatic heterocycles. The van der Waals surface area contributed by atoms with Crippen LogP contribution in [0.25, 0.3) is 0 Å². The Balaban J connectivity index is 1.51. The van der Waals surface area contributed by atoms with Crippen LogP contribution in [0, 0.1) is 0 Å². The average Bonchev–Trinajstić information content (AvgIpc) is 2.64. The lowest BCUT2D eigenvalue weighted by Crippen LogP contribution is -2.48. The zero-order valence-corrected chi connectivity index (χ0v) is 14.7. The average molecular weight is 331 g/mol. The maximum absolute atomic E-state index is 11.7. The number of benzene rings is 1. The van der Waals surface area contributed by atoms with Gasteiger partial charge in [0.2, 0.25) is 5.91 Å². The molecule has 0 bridgehead atoms. The number of ether oxygens (including phenoxy) is 1. The third-order valence-corrected chi connectivity index (χ3v) is 4.97. The largest absolute Gasteiger partial charge is 0.366 e. The lowest BCUT2D eigenvalue weighted by molar-refractivity contribution is -0.138. The number of rotatable bonds is 5. The predicted molar refractivity (Wildman–Crippen MR) is 94.7 cm³/mol. The molecule has 2 saturated heterocycles. The Hall–Kier alpha value is -1.43. The van der Waals surface area contributed by atoms with Crippen molar-refractivity contribution in [1.29, 1.82) is 0 Å². The molecule has 0 aliphatic carbocycles. The molecule has 1 N–H and O–H groups in total. The number of morpholine rings is 1. The van der Waals surface area contributed by atoms with E-state index in [-0.39, 0.29) is 12.0 Å². The summed E-state index contributed by atoms with van der Waals surface area (Å²) < 4.78 is 5.54. The molecular weight excluding hydrogens is 302 g/mol. The number of likely N-dealkylation sites (tertiary alicyclic amines) is 1. The van der Waals surface area contributed by atoms with Crippen molar-refractivity contribution in [1.82, 2.24) is 15.1 Å². The fourth-order valence-electron chi connectivity index (χ4n) is 3.55. The van der Waals surface area contributed by atoms with Crippen molar-refractivity contribution in [2.45, 2.75) is 38.5 Å². The second-order valence-electron chi connectivity index (χ2n) is 6.86. The normalized spacial score (nSPS) is 23.1. The van der Waals surface area contributed by atoms with E-state index in [0.717, 1.165) is 19.6 Å². The van der Waals surface area contributed by atoms with Crippen LogP contribution in [0.2, 0.25) is 0 Å². The van der Waals surface area contributed by atoms with E-state index in [0.29, 0.717) is 13.2 Å². The molecule has 1 atom stereocenters. The molecule has 2 aliphatic heterocycles. The van der Waals surface area contributed by atoms with Crippen LogP contribution in [-0.2, 0) is 22.6 Å². The SMILES string of the molecule is CNC(=O)[C@H]1CN(Cc2ccc(CN3CCCCC3)cc2)CCO1. The number of carbonyl (C=O) groups excluding carboxylic acids is 1. The third-order valence-electron chi connectivity index (χ3n) is 4.97. The molecule has 1 aromatic carbocycles. The molecular formula is C19H29N3O2. The first-order valence-electron chi connectivity index (χ1n) is 9.10. The van der Waals surface area contributed by atoms with E-state index in [1.165, 1.54) is 43.5 Å². The summed E-state index contributed by atoms with van der Waals surface area (Å²) >= 11 is 0. The van der Waals surface area contributed by atoms with Crippen LogP contribution in [0.1, 0.15) is 30.4 Å². The van der Waals surface area contributed by atoms with Gasteiger partial charge in [-0.25, -0.2) is 0 Å². The Bertz CT molecular complexity index is 526. The van der Waals surface area contributed by atoms with Crippen molar-refractivity contribution in [3.63, 3.8) is 0 Å². The van der Waals surface area contributed by atoms with Crippen LogP contribution in [0.5, 0.6) is 0 Å². The van der Waals surface area contributed by atoms with Crippen molar-refractivity contribution < 1.29 is 9.53 Å². The minimum Gasteiger partial charge on any atom is -0.366 e. The third kappa shape index (κ3) is 4.79. The summed E-state index contributed by atoms with van der Waals surface area (Å²) in [5.74, 6) is -0.0309. The molecule has 3 rings (SSSR count). The molecule has 0 spiro atoms. The van der Waals surface area contributed by atoms with Gasteiger partial charge >= 0.3 is 0 Å². The van der Waals surface area contributed by atoms with Crippen LogP contribution in [-0.4, -0.2) is 61.6 Å². The lowest BCUT2D eigenvalue weighted by atomic mass is 10.1. The zero-order chi connectivity index (χ0) is 16.8. The van der Waals surface area contributed by atoms with E-state index in [9.17, 15) is 4.79 Å². The number of hydrogen-bond acceptors (Lipinski definition) is 4. The standard InChI is InChI=1S/C19H29N3O2/c1-20-19(23)18-15-22(11-12-24-18)14-17-7-5-16(6-8-17)13-21-9-3-2-4-10-21/h5-8,18H,2-4,9-15H2,1H3,(H,20,23)/t18-/m1/s1. The van der Waals surface area contributed by atoms with Gasteiger partial charge in [-0.3, -0.25) is 14.6 Å². The second kappa shape index (κ2) is 8.60. The van der Waals surface area contributed by atoms with E-state index in [1.807, 2.05) is 0 Å². The van der Waals surface area contributed by atoms with Gasteiger partial charge in [-0.05, 0) is 37.1 Å². The van der Waals surface area contributed by atoms with Crippen LogP contribution >= 0.6 is 0 Å². The monoisotopic (exact) mass is 331 g/mol. The highest BCUT2D eigenvalue weighted by atomic mass is 16.5. The van der Waals surface area contributed by atoms with Gasteiger partial charge in [0.25, 0.3) is 0 Å². The molecule has 1 aromatic rings. The van der Waals surface area contributed by atoms with Gasteiger partial charge in [-0.2, -0.15) is 0 Å². The first kappa shape index (κ1) is 17.4. The lowest BCUT2D eigenvalue weighted by Gasteiger charge is -2.32. The predicted octanol–water partition coefficient (Wildman–Crippen LogP) is 1.62. The fourth-order valence-corrected chi connectivity index (χ4v) is 3.55. The van der Waals surface area contributed by atoms with Gasteiger partial charge in [0.15, 0.2) is 0 Å². The van der Waals surface area contributed by atoms with Gasteiger partial charge in [0.05, 0.1) is 6.61 Å². The molecule has 2 heterocycles. The van der Waals surface area contributed by atoms with Crippen molar-refractivity contribution in [2.75, 3.05) is 39.8 Å². The maximum atomic E-state index is 11.7. The first-order valence-corrected chi connectivity index (χ1v) is 9.10. The minimum absolute atomic E-state index is 0.0309. The number of carbonyl (C=O) groups is 1. The topological polar surface area (TPSA) is 44.8 Å². The number of nitrogens with zero attached hydrogens (tertiary/aromatic N) is 2. The minimum atomic E-state index is -0.345. The van der Waals surface area contributed by atoms with E-state index >= 15 is 0 Å². The highest BCUT2D eigenvalue weighted by Gasteiger charge is 2.25. The molecule has 5 nitrogen and oxygen atoms in total. The van der Waals surface area contributed by atoms with Gasteiger partial charge in [-0.1, -0.05) is 30.7 Å². The number of piperidine rings is 1. The highest BCUT2D eigenvalue weighted by Crippen LogP contribution is 2.15. The van der Waals surface area contributed by atoms with E-state index in [2.05, 4.69) is 39.4 Å². The van der Waals surface area contributed by atoms with Gasteiger partial charge in [-0.15, -0.1) is 0 Å². The second-order valence-corrected chi connectivity index (χ2v) is 6.86. The summed E-state index contributed by atoms with van der Waals surface area (Å²) in [6.45, 7) is 6.56. The molecule has 2 aliphatic rings. The van der Waals surface area contributed by atoms with E-state index in [1.54, 1.807) is 7.05 Å². The molecule has 5 heteroatoms. The van der Waals surface area contributed by atoms with Gasteiger partial charge < -0.3 is 10.1 Å². The molecule has 0 radical (unpaired) electrons. The summed E-state index contributed by atoms with van der Waals surface area (Å²) in [5.41, 5.74) is 2.70. The van der Waals surface area contributed by atoms with Gasteiger partial charge in [0.1, 0.15) is 6.10 Å². The van der Waals surface area contributed by atoms with Crippen LogP contribution in [0.3, 0.4) is 0 Å². The maximum Gasteiger partial charge on any atom is 0.250 e. The fraction of sp³-hybridized carbons (Fsp3) is 0.632. The molecule has 1 amide bonds. The quantitative estimate of drug-likeness (QED) is 0.890. The number of nitrogens with one attached hydrogen (secondary N) is 1. The highest BCUT2D eigenvalue weighted by molar-refractivity contribution is 5.80. The molecule has 0 unspecified atom stereocenters.